The molecule has 2 aliphatic heterocycles. The standard InChI is InChI=1S/C20H26FN3O5/c1-20(2,3)29-19(27)24-10-8-23(9-11-24)15-5-4-13(12-14(15)21)28-16-6-7-17(25)22-18(16)26/h4-5,12,16H,6-11H2,1-3H3,(H,22,25,26). The van der Waals surface area contributed by atoms with E-state index >= 15 is 0 Å². The maximum absolute atomic E-state index is 14.6. The summed E-state index contributed by atoms with van der Waals surface area (Å²) >= 11 is 0. The summed E-state index contributed by atoms with van der Waals surface area (Å²) in [6.45, 7) is 7.26. The second-order valence-corrected chi connectivity index (χ2v) is 8.13. The lowest BCUT2D eigenvalue weighted by Crippen LogP contribution is -2.50. The first-order chi connectivity index (χ1) is 13.6. The number of amides is 3. The number of ether oxygens (including phenoxy) is 2. The molecule has 1 N–H and O–H groups in total. The number of hydrogen-bond acceptors (Lipinski definition) is 6. The quantitative estimate of drug-likeness (QED) is 0.772. The van der Waals surface area contributed by atoms with Crippen molar-refractivity contribution >= 4 is 23.6 Å². The highest BCUT2D eigenvalue weighted by Crippen LogP contribution is 2.27. The van der Waals surface area contributed by atoms with Gasteiger partial charge >= 0.3 is 6.09 Å². The molecule has 3 amide bonds. The van der Waals surface area contributed by atoms with E-state index < -0.39 is 23.4 Å². The lowest BCUT2D eigenvalue weighted by molar-refractivity contribution is -0.138. The van der Waals surface area contributed by atoms with Gasteiger partial charge in [0.05, 0.1) is 5.69 Å². The first-order valence-corrected chi connectivity index (χ1v) is 9.65. The van der Waals surface area contributed by atoms with Crippen molar-refractivity contribution in [2.75, 3.05) is 31.1 Å². The van der Waals surface area contributed by atoms with Crippen LogP contribution in [0.4, 0.5) is 14.9 Å². The van der Waals surface area contributed by atoms with Crippen molar-refractivity contribution in [3.63, 3.8) is 0 Å². The van der Waals surface area contributed by atoms with E-state index in [4.69, 9.17) is 9.47 Å². The van der Waals surface area contributed by atoms with Gasteiger partial charge in [-0.3, -0.25) is 14.9 Å². The molecule has 2 fully saturated rings. The summed E-state index contributed by atoms with van der Waals surface area (Å²) in [5, 5.41) is 2.21. The molecule has 0 aromatic heterocycles. The van der Waals surface area contributed by atoms with Gasteiger partial charge < -0.3 is 19.3 Å². The Balaban J connectivity index is 1.58. The third-order valence-electron chi connectivity index (χ3n) is 4.66. The molecule has 0 bridgehead atoms. The molecule has 1 aromatic carbocycles. The van der Waals surface area contributed by atoms with Gasteiger partial charge in [-0.25, -0.2) is 9.18 Å². The number of carbonyl (C=O) groups excluding carboxylic acids is 3. The number of anilines is 1. The molecule has 8 nitrogen and oxygen atoms in total. The Hall–Kier alpha value is -2.84. The molecule has 0 radical (unpaired) electrons. The van der Waals surface area contributed by atoms with Gasteiger partial charge in [-0.1, -0.05) is 0 Å². The molecule has 2 aliphatic rings. The first kappa shape index (κ1) is 20.9. The monoisotopic (exact) mass is 407 g/mol. The van der Waals surface area contributed by atoms with E-state index in [0.717, 1.165) is 0 Å². The lowest BCUT2D eigenvalue weighted by atomic mass is 10.1. The van der Waals surface area contributed by atoms with Crippen molar-refractivity contribution in [2.45, 2.75) is 45.3 Å². The minimum absolute atomic E-state index is 0.193. The van der Waals surface area contributed by atoms with E-state index in [0.29, 0.717) is 31.9 Å². The molecule has 0 saturated carbocycles. The van der Waals surface area contributed by atoms with Crippen LogP contribution in [0.25, 0.3) is 0 Å². The lowest BCUT2D eigenvalue weighted by Gasteiger charge is -2.36. The smallest absolute Gasteiger partial charge is 0.410 e. The number of nitrogens with one attached hydrogen (secondary N) is 1. The zero-order valence-corrected chi connectivity index (χ0v) is 16.9. The van der Waals surface area contributed by atoms with Gasteiger partial charge in [-0.2, -0.15) is 0 Å². The highest BCUT2D eigenvalue weighted by Gasteiger charge is 2.29. The van der Waals surface area contributed by atoms with E-state index in [1.165, 1.54) is 6.07 Å². The summed E-state index contributed by atoms with van der Waals surface area (Å²) in [6.07, 6.45) is -0.722. The Kier molecular flexibility index (Phi) is 5.95. The summed E-state index contributed by atoms with van der Waals surface area (Å²) in [5.41, 5.74) is -0.150. The van der Waals surface area contributed by atoms with Crippen LogP contribution < -0.4 is 15.0 Å². The van der Waals surface area contributed by atoms with E-state index in [-0.39, 0.29) is 30.6 Å². The minimum atomic E-state index is -0.810. The summed E-state index contributed by atoms with van der Waals surface area (Å²) in [7, 11) is 0. The molecule has 1 unspecified atom stereocenters. The van der Waals surface area contributed by atoms with Crippen LogP contribution >= 0.6 is 0 Å². The van der Waals surface area contributed by atoms with Gasteiger partial charge in [0.1, 0.15) is 17.2 Å². The highest BCUT2D eigenvalue weighted by atomic mass is 19.1. The summed E-state index contributed by atoms with van der Waals surface area (Å²) < 4.78 is 25.6. The fraction of sp³-hybridized carbons (Fsp3) is 0.550. The molecule has 1 aromatic rings. The fourth-order valence-electron chi connectivity index (χ4n) is 3.22. The second kappa shape index (κ2) is 8.26. The van der Waals surface area contributed by atoms with Gasteiger partial charge in [-0.05, 0) is 32.9 Å². The van der Waals surface area contributed by atoms with Gasteiger partial charge in [0.15, 0.2) is 6.10 Å². The van der Waals surface area contributed by atoms with E-state index in [1.807, 2.05) is 25.7 Å². The van der Waals surface area contributed by atoms with Crippen LogP contribution in [-0.2, 0) is 14.3 Å². The maximum Gasteiger partial charge on any atom is 0.410 e. The number of piperidine rings is 1. The maximum atomic E-state index is 14.6. The first-order valence-electron chi connectivity index (χ1n) is 9.65. The van der Waals surface area contributed by atoms with Gasteiger partial charge in [0.25, 0.3) is 5.91 Å². The molecule has 0 aliphatic carbocycles. The van der Waals surface area contributed by atoms with E-state index in [9.17, 15) is 18.8 Å². The fourth-order valence-corrected chi connectivity index (χ4v) is 3.22. The Morgan fingerprint density at radius 2 is 1.86 bits per heavy atom. The summed E-state index contributed by atoms with van der Waals surface area (Å²) in [6, 6.07) is 4.43. The predicted octanol–water partition coefficient (Wildman–Crippen LogP) is 2.07. The van der Waals surface area contributed by atoms with Crippen molar-refractivity contribution in [1.29, 1.82) is 0 Å². The number of benzene rings is 1. The topological polar surface area (TPSA) is 88.2 Å². The average molecular weight is 407 g/mol. The zero-order valence-electron chi connectivity index (χ0n) is 16.9. The van der Waals surface area contributed by atoms with E-state index in [2.05, 4.69) is 5.32 Å². The Morgan fingerprint density at radius 3 is 2.45 bits per heavy atom. The van der Waals surface area contributed by atoms with Gasteiger partial charge in [-0.15, -0.1) is 0 Å². The number of carbonyl (C=O) groups is 3. The minimum Gasteiger partial charge on any atom is -0.480 e. The van der Waals surface area contributed by atoms with Crippen LogP contribution in [-0.4, -0.2) is 60.7 Å². The second-order valence-electron chi connectivity index (χ2n) is 8.13. The zero-order chi connectivity index (χ0) is 21.2. The summed E-state index contributed by atoms with van der Waals surface area (Å²) in [5.74, 6) is -1.08. The molecule has 2 saturated heterocycles. The number of imide groups is 1. The third-order valence-corrected chi connectivity index (χ3v) is 4.66. The number of piperazine rings is 1. The number of rotatable bonds is 3. The van der Waals surface area contributed by atoms with Crippen LogP contribution in [0.3, 0.4) is 0 Å². The van der Waals surface area contributed by atoms with Gasteiger partial charge in [0, 0.05) is 45.1 Å². The molecule has 158 valence electrons. The normalized spacial score (nSPS) is 20.3. The van der Waals surface area contributed by atoms with Crippen molar-refractivity contribution < 1.29 is 28.2 Å². The Bertz CT molecular complexity index is 800. The number of halogens is 1. The van der Waals surface area contributed by atoms with Crippen molar-refractivity contribution in [3.8, 4) is 5.75 Å². The summed E-state index contributed by atoms with van der Waals surface area (Å²) in [4.78, 5) is 38.6. The molecule has 1 atom stereocenters. The molecular formula is C20H26FN3O5. The van der Waals surface area contributed by atoms with Crippen LogP contribution in [0, 0.1) is 5.82 Å². The number of nitrogens with zero attached hydrogens (tertiary/aromatic N) is 2. The largest absolute Gasteiger partial charge is 0.480 e. The highest BCUT2D eigenvalue weighted by molar-refractivity contribution is 5.99. The molecular weight excluding hydrogens is 381 g/mol. The molecule has 3 rings (SSSR count). The molecule has 0 spiro atoms. The van der Waals surface area contributed by atoms with Crippen LogP contribution in [0.2, 0.25) is 0 Å². The van der Waals surface area contributed by atoms with Crippen LogP contribution in [0.15, 0.2) is 18.2 Å². The molecule has 29 heavy (non-hydrogen) atoms. The van der Waals surface area contributed by atoms with Gasteiger partial charge in [0.2, 0.25) is 5.91 Å². The molecule has 9 heteroatoms. The van der Waals surface area contributed by atoms with Crippen molar-refractivity contribution in [1.82, 2.24) is 10.2 Å². The third kappa shape index (κ3) is 5.36. The van der Waals surface area contributed by atoms with Crippen molar-refractivity contribution in [3.05, 3.63) is 24.0 Å². The average Bonchev–Trinajstić information content (AvgIpc) is 2.63. The predicted molar refractivity (Wildman–Crippen MR) is 103 cm³/mol. The van der Waals surface area contributed by atoms with E-state index in [1.54, 1.807) is 17.0 Å². The van der Waals surface area contributed by atoms with Crippen LogP contribution in [0.1, 0.15) is 33.6 Å². The molecule has 2 heterocycles. The SMILES string of the molecule is CC(C)(C)OC(=O)N1CCN(c2ccc(OC3CCC(=O)NC3=O)cc2F)CC1. The van der Waals surface area contributed by atoms with Crippen molar-refractivity contribution in [2.24, 2.45) is 0 Å². The Labute approximate surface area is 168 Å². The Morgan fingerprint density at radius 1 is 1.17 bits per heavy atom. The number of hydrogen-bond donors (Lipinski definition) is 1. The van der Waals surface area contributed by atoms with Crippen LogP contribution in [0.5, 0.6) is 5.75 Å².